The molecule has 7 heteroatoms. The monoisotopic (exact) mass is 244 g/mol. The molecule has 0 aromatic carbocycles. The Morgan fingerprint density at radius 2 is 1.88 bits per heavy atom. The number of aromatic nitrogens is 3. The number of nitrogens with two attached hydrogens (primary N) is 1. The second kappa shape index (κ2) is 5.81. The van der Waals surface area contributed by atoms with Gasteiger partial charge in [-0.3, -0.25) is 0 Å². The van der Waals surface area contributed by atoms with E-state index in [1.54, 1.807) is 0 Å². The minimum atomic E-state index is 0.123. The number of halogens is 1. The molecule has 1 aromatic heterocycles. The zero-order valence-electron chi connectivity index (χ0n) is 9.81. The Hall–Kier alpha value is -1.14. The molecular formula is C9H17ClN6. The molecular weight excluding hydrogens is 228 g/mol. The van der Waals surface area contributed by atoms with Gasteiger partial charge in [-0.25, -0.2) is 0 Å². The fraction of sp³-hybridized carbons (Fsp3) is 0.667. The van der Waals surface area contributed by atoms with Crippen molar-refractivity contribution < 1.29 is 0 Å². The third-order valence-electron chi connectivity index (χ3n) is 2.31. The third-order valence-corrected chi connectivity index (χ3v) is 2.48. The second-order valence-corrected chi connectivity index (χ2v) is 3.92. The van der Waals surface area contributed by atoms with Crippen molar-refractivity contribution in [1.82, 2.24) is 19.9 Å². The molecule has 0 aliphatic carbocycles. The molecule has 0 fully saturated rings. The highest BCUT2D eigenvalue weighted by molar-refractivity contribution is 6.28. The van der Waals surface area contributed by atoms with Gasteiger partial charge >= 0.3 is 0 Å². The van der Waals surface area contributed by atoms with Gasteiger partial charge in [-0.05, 0) is 25.2 Å². The SMILES string of the molecule is CCN(C)CCN(C)c1nc(N)nc(Cl)n1. The summed E-state index contributed by atoms with van der Waals surface area (Å²) in [5.41, 5.74) is 5.50. The molecule has 0 bridgehead atoms. The number of hydrogen-bond acceptors (Lipinski definition) is 6. The lowest BCUT2D eigenvalue weighted by atomic mass is 10.5. The Morgan fingerprint density at radius 3 is 2.44 bits per heavy atom. The molecule has 0 spiro atoms. The highest BCUT2D eigenvalue weighted by Crippen LogP contribution is 2.10. The van der Waals surface area contributed by atoms with E-state index in [1.807, 2.05) is 11.9 Å². The van der Waals surface area contributed by atoms with Crippen LogP contribution in [0.2, 0.25) is 5.28 Å². The van der Waals surface area contributed by atoms with E-state index in [9.17, 15) is 0 Å². The molecule has 0 aliphatic heterocycles. The number of likely N-dealkylation sites (N-methyl/N-ethyl adjacent to an activating group) is 2. The fourth-order valence-corrected chi connectivity index (χ4v) is 1.27. The maximum atomic E-state index is 5.70. The quantitative estimate of drug-likeness (QED) is 0.813. The number of nitrogen functional groups attached to an aromatic ring is 1. The summed E-state index contributed by atoms with van der Waals surface area (Å²) in [5.74, 6) is 0.646. The number of rotatable bonds is 5. The Morgan fingerprint density at radius 1 is 1.19 bits per heavy atom. The minimum Gasteiger partial charge on any atom is -0.368 e. The summed E-state index contributed by atoms with van der Waals surface area (Å²) in [5, 5.41) is 0.123. The van der Waals surface area contributed by atoms with Gasteiger partial charge in [0.15, 0.2) is 0 Å². The van der Waals surface area contributed by atoms with Crippen LogP contribution >= 0.6 is 11.6 Å². The van der Waals surface area contributed by atoms with E-state index in [0.29, 0.717) is 5.95 Å². The highest BCUT2D eigenvalue weighted by Gasteiger charge is 2.08. The smallest absolute Gasteiger partial charge is 0.231 e. The van der Waals surface area contributed by atoms with Crippen LogP contribution in [0.15, 0.2) is 0 Å². The molecule has 1 heterocycles. The number of nitrogens with zero attached hydrogens (tertiary/aromatic N) is 5. The summed E-state index contributed by atoms with van der Waals surface area (Å²) in [6, 6.07) is 0. The van der Waals surface area contributed by atoms with Crippen LogP contribution in [0.3, 0.4) is 0 Å². The predicted molar refractivity (Wildman–Crippen MR) is 65.7 cm³/mol. The topological polar surface area (TPSA) is 71.2 Å². The van der Waals surface area contributed by atoms with Gasteiger partial charge in [0.25, 0.3) is 0 Å². The minimum absolute atomic E-state index is 0.123. The average Bonchev–Trinajstić information content (AvgIpc) is 2.23. The van der Waals surface area contributed by atoms with E-state index >= 15 is 0 Å². The Labute approximate surface area is 100 Å². The van der Waals surface area contributed by atoms with Gasteiger partial charge in [-0.2, -0.15) is 15.0 Å². The standard InChI is InChI=1S/C9H17ClN6/c1-4-15(2)5-6-16(3)9-13-7(10)12-8(11)14-9/h4-6H2,1-3H3,(H2,11,12,13,14). The molecule has 0 saturated carbocycles. The first kappa shape index (κ1) is 12.9. The van der Waals surface area contributed by atoms with E-state index in [0.717, 1.165) is 19.6 Å². The van der Waals surface area contributed by atoms with E-state index < -0.39 is 0 Å². The van der Waals surface area contributed by atoms with Crippen LogP contribution in [-0.4, -0.2) is 53.6 Å². The zero-order valence-corrected chi connectivity index (χ0v) is 10.6. The van der Waals surface area contributed by atoms with Crippen molar-refractivity contribution in [3.05, 3.63) is 5.28 Å². The largest absolute Gasteiger partial charge is 0.368 e. The lowest BCUT2D eigenvalue weighted by Crippen LogP contribution is -2.31. The summed E-state index contributed by atoms with van der Waals surface area (Å²) in [6.45, 7) is 4.85. The van der Waals surface area contributed by atoms with Gasteiger partial charge in [-0.1, -0.05) is 6.92 Å². The van der Waals surface area contributed by atoms with Gasteiger partial charge in [0, 0.05) is 20.1 Å². The Balaban J connectivity index is 2.62. The van der Waals surface area contributed by atoms with E-state index in [-0.39, 0.29) is 11.2 Å². The third kappa shape index (κ3) is 3.79. The molecule has 0 amide bonds. The maximum absolute atomic E-state index is 5.70. The maximum Gasteiger partial charge on any atom is 0.231 e. The fourth-order valence-electron chi connectivity index (χ4n) is 1.10. The normalized spacial score (nSPS) is 10.8. The van der Waals surface area contributed by atoms with Crippen molar-refractivity contribution in [2.24, 2.45) is 0 Å². The van der Waals surface area contributed by atoms with Crippen LogP contribution in [-0.2, 0) is 0 Å². The van der Waals surface area contributed by atoms with Crippen LogP contribution < -0.4 is 10.6 Å². The van der Waals surface area contributed by atoms with Crippen molar-refractivity contribution in [3.63, 3.8) is 0 Å². The molecule has 0 saturated heterocycles. The van der Waals surface area contributed by atoms with Crippen molar-refractivity contribution in [2.75, 3.05) is 44.4 Å². The molecule has 0 radical (unpaired) electrons. The number of anilines is 2. The van der Waals surface area contributed by atoms with Crippen LogP contribution in [0.1, 0.15) is 6.92 Å². The molecule has 16 heavy (non-hydrogen) atoms. The molecule has 0 atom stereocenters. The van der Waals surface area contributed by atoms with Gasteiger partial charge in [0.2, 0.25) is 17.2 Å². The van der Waals surface area contributed by atoms with Crippen LogP contribution in [0.5, 0.6) is 0 Å². The van der Waals surface area contributed by atoms with Crippen LogP contribution in [0.4, 0.5) is 11.9 Å². The summed E-state index contributed by atoms with van der Waals surface area (Å²) in [6.07, 6.45) is 0. The van der Waals surface area contributed by atoms with Gasteiger partial charge in [0.1, 0.15) is 0 Å². The summed E-state index contributed by atoms with van der Waals surface area (Å²) in [4.78, 5) is 15.8. The highest BCUT2D eigenvalue weighted by atomic mass is 35.5. The van der Waals surface area contributed by atoms with Crippen molar-refractivity contribution in [3.8, 4) is 0 Å². The molecule has 0 unspecified atom stereocenters. The molecule has 0 aliphatic rings. The predicted octanol–water partition coefficient (Wildman–Crippen LogP) is 0.495. The van der Waals surface area contributed by atoms with Crippen LogP contribution in [0, 0.1) is 0 Å². The molecule has 1 aromatic rings. The average molecular weight is 245 g/mol. The number of hydrogen-bond donors (Lipinski definition) is 1. The summed E-state index contributed by atoms with van der Waals surface area (Å²) < 4.78 is 0. The first-order valence-electron chi connectivity index (χ1n) is 5.09. The molecule has 6 nitrogen and oxygen atoms in total. The van der Waals surface area contributed by atoms with Gasteiger partial charge in [0.05, 0.1) is 0 Å². The Kier molecular flexibility index (Phi) is 4.70. The second-order valence-electron chi connectivity index (χ2n) is 3.58. The summed E-state index contributed by atoms with van der Waals surface area (Å²) >= 11 is 5.70. The van der Waals surface area contributed by atoms with Crippen molar-refractivity contribution in [1.29, 1.82) is 0 Å². The molecule has 1 rings (SSSR count). The zero-order chi connectivity index (χ0) is 12.1. The van der Waals surface area contributed by atoms with E-state index in [1.165, 1.54) is 0 Å². The van der Waals surface area contributed by atoms with Crippen LogP contribution in [0.25, 0.3) is 0 Å². The lowest BCUT2D eigenvalue weighted by Gasteiger charge is -2.20. The Bertz CT molecular complexity index is 325. The van der Waals surface area contributed by atoms with E-state index in [2.05, 4.69) is 33.8 Å². The van der Waals surface area contributed by atoms with Crippen molar-refractivity contribution in [2.45, 2.75) is 6.92 Å². The molecule has 90 valence electrons. The van der Waals surface area contributed by atoms with Crippen molar-refractivity contribution >= 4 is 23.5 Å². The van der Waals surface area contributed by atoms with Gasteiger partial charge < -0.3 is 15.5 Å². The first-order valence-corrected chi connectivity index (χ1v) is 5.47. The lowest BCUT2D eigenvalue weighted by molar-refractivity contribution is 0.360. The van der Waals surface area contributed by atoms with Gasteiger partial charge in [-0.15, -0.1) is 0 Å². The first-order chi connectivity index (χ1) is 7.52. The molecule has 2 N–H and O–H groups in total. The summed E-state index contributed by atoms with van der Waals surface area (Å²) in [7, 11) is 3.96. The van der Waals surface area contributed by atoms with E-state index in [4.69, 9.17) is 17.3 Å².